The van der Waals surface area contributed by atoms with Crippen molar-refractivity contribution in [2.45, 2.75) is 38.8 Å². The third-order valence-electron chi connectivity index (χ3n) is 6.30. The molecule has 2 aromatic rings. The van der Waals surface area contributed by atoms with Gasteiger partial charge in [-0.15, -0.1) is 0 Å². The van der Waals surface area contributed by atoms with Gasteiger partial charge in [0, 0.05) is 51.1 Å². The summed E-state index contributed by atoms with van der Waals surface area (Å²) < 4.78 is 50.4. The summed E-state index contributed by atoms with van der Waals surface area (Å²) in [6.07, 6.45) is 2.71. The van der Waals surface area contributed by atoms with E-state index in [-0.39, 0.29) is 41.5 Å². The number of nitrogens with zero attached hydrogens (tertiary/aromatic N) is 2. The van der Waals surface area contributed by atoms with E-state index in [4.69, 9.17) is 15.1 Å². The fourth-order valence-corrected chi connectivity index (χ4v) is 4.45. The van der Waals surface area contributed by atoms with E-state index in [2.05, 4.69) is 9.31 Å². The van der Waals surface area contributed by atoms with Gasteiger partial charge in [-0.2, -0.15) is 0 Å². The summed E-state index contributed by atoms with van der Waals surface area (Å²) >= 11 is 0. The summed E-state index contributed by atoms with van der Waals surface area (Å²) in [6, 6.07) is 0.378. The first-order valence-electron chi connectivity index (χ1n) is 11.6. The molecule has 11 nitrogen and oxygen atoms in total. The summed E-state index contributed by atoms with van der Waals surface area (Å²) in [5.74, 6) is -4.27. The number of halogens is 2. The number of hydrogen-bond donors (Lipinski definition) is 1. The molecule has 2 aliphatic rings. The van der Waals surface area contributed by atoms with Crippen molar-refractivity contribution in [1.29, 1.82) is 0 Å². The molecular formula is C23H26BF2N3O8. The Bertz CT molecular complexity index is 1300. The van der Waals surface area contributed by atoms with Crippen LogP contribution < -0.4 is 20.8 Å². The number of fused-ring (bicyclic) bond motifs is 1. The van der Waals surface area contributed by atoms with Crippen LogP contribution in [0, 0.1) is 11.7 Å². The molecule has 2 heterocycles. The average molecular weight is 521 g/mol. The molecule has 14 heteroatoms. The molecule has 0 radical (unpaired) electrons. The van der Waals surface area contributed by atoms with Gasteiger partial charge in [0.2, 0.25) is 5.43 Å². The minimum Gasteiger partial charge on any atom is -0.492 e. The van der Waals surface area contributed by atoms with E-state index in [1.165, 1.54) is 13.3 Å². The standard InChI is InChI=1S/C23H26BF2N3O8/c1-11(30)35-24(36-12(2)31)37-23(33)16-9-29(14-4-5-14)19-15(21(16)32)6-17(26)20(22(19)34-3)28-8-13(7-25)18(27)10-28/h6,9,13-14,18H,4-5,7-8,10,27H2,1-3H3. The molecule has 0 amide bonds. The predicted octanol–water partition coefficient (Wildman–Crippen LogP) is 1.48. The molecule has 1 aliphatic carbocycles. The Labute approximate surface area is 210 Å². The first-order valence-corrected chi connectivity index (χ1v) is 11.6. The highest BCUT2D eigenvalue weighted by Gasteiger charge is 2.38. The summed E-state index contributed by atoms with van der Waals surface area (Å²) in [4.78, 5) is 50.4. The molecule has 37 heavy (non-hydrogen) atoms. The van der Waals surface area contributed by atoms with Gasteiger partial charge in [0.1, 0.15) is 11.3 Å². The van der Waals surface area contributed by atoms with Gasteiger partial charge < -0.3 is 33.9 Å². The highest BCUT2D eigenvalue weighted by molar-refractivity contribution is 6.44. The van der Waals surface area contributed by atoms with Gasteiger partial charge in [0.05, 0.1) is 24.7 Å². The molecule has 4 rings (SSSR count). The second kappa shape index (κ2) is 10.4. The number of methoxy groups -OCH3 is 1. The number of anilines is 1. The van der Waals surface area contributed by atoms with Gasteiger partial charge in [-0.25, -0.2) is 9.18 Å². The van der Waals surface area contributed by atoms with E-state index in [1.54, 1.807) is 9.47 Å². The molecule has 1 aliphatic heterocycles. The summed E-state index contributed by atoms with van der Waals surface area (Å²) in [6.45, 7) is 1.72. The van der Waals surface area contributed by atoms with Crippen LogP contribution >= 0.6 is 0 Å². The smallest absolute Gasteiger partial charge is 0.492 e. The van der Waals surface area contributed by atoms with Crippen LogP contribution in [0.4, 0.5) is 14.5 Å². The molecule has 2 N–H and O–H groups in total. The Hall–Kier alpha value is -3.68. The van der Waals surface area contributed by atoms with Gasteiger partial charge >= 0.3 is 13.3 Å². The zero-order chi connectivity index (χ0) is 27.0. The molecular weight excluding hydrogens is 495 g/mol. The summed E-state index contributed by atoms with van der Waals surface area (Å²) in [5.41, 5.74) is 4.98. The van der Waals surface area contributed by atoms with E-state index in [9.17, 15) is 23.6 Å². The zero-order valence-corrected chi connectivity index (χ0v) is 20.5. The van der Waals surface area contributed by atoms with Crippen molar-refractivity contribution in [2.75, 3.05) is 31.8 Å². The number of hydrogen-bond acceptors (Lipinski definition) is 10. The number of ether oxygens (including phenoxy) is 1. The van der Waals surface area contributed by atoms with Crippen LogP contribution in [0.25, 0.3) is 10.9 Å². The number of carbonyl (C=O) groups is 3. The number of carbonyl (C=O) groups excluding carboxylic acids is 3. The minimum absolute atomic E-state index is 0.0512. The number of nitrogens with two attached hydrogens (primary N) is 1. The van der Waals surface area contributed by atoms with Crippen molar-refractivity contribution < 1.29 is 41.9 Å². The van der Waals surface area contributed by atoms with Crippen LogP contribution in [0.1, 0.15) is 43.1 Å². The number of alkyl halides is 1. The number of benzene rings is 1. The van der Waals surface area contributed by atoms with Gasteiger partial charge in [-0.3, -0.25) is 18.8 Å². The largest absolute Gasteiger partial charge is 0.870 e. The monoisotopic (exact) mass is 521 g/mol. The molecule has 2 unspecified atom stereocenters. The van der Waals surface area contributed by atoms with Crippen molar-refractivity contribution in [1.82, 2.24) is 4.57 Å². The van der Waals surface area contributed by atoms with E-state index in [0.29, 0.717) is 0 Å². The summed E-state index contributed by atoms with van der Waals surface area (Å²) in [5, 5.41) is -0.151. The maximum atomic E-state index is 15.5. The molecule has 1 saturated heterocycles. The van der Waals surface area contributed by atoms with Gasteiger partial charge in [-0.05, 0) is 18.9 Å². The zero-order valence-electron chi connectivity index (χ0n) is 20.5. The Morgan fingerprint density at radius 1 is 1.14 bits per heavy atom. The second-order valence-corrected chi connectivity index (χ2v) is 9.04. The maximum Gasteiger partial charge on any atom is 0.870 e. The van der Waals surface area contributed by atoms with Crippen LogP contribution in [-0.4, -0.2) is 62.7 Å². The van der Waals surface area contributed by atoms with Crippen molar-refractivity contribution in [2.24, 2.45) is 11.7 Å². The van der Waals surface area contributed by atoms with Crippen molar-refractivity contribution in [3.63, 3.8) is 0 Å². The quantitative estimate of drug-likeness (QED) is 0.509. The van der Waals surface area contributed by atoms with Gasteiger partial charge in [0.15, 0.2) is 11.6 Å². The van der Waals surface area contributed by atoms with Crippen molar-refractivity contribution >= 4 is 41.8 Å². The van der Waals surface area contributed by atoms with Crippen LogP contribution in [0.3, 0.4) is 0 Å². The van der Waals surface area contributed by atoms with Crippen molar-refractivity contribution in [3.05, 3.63) is 33.9 Å². The lowest BCUT2D eigenvalue weighted by atomic mass is 10.1. The molecule has 2 atom stereocenters. The Morgan fingerprint density at radius 3 is 2.30 bits per heavy atom. The van der Waals surface area contributed by atoms with E-state index in [1.807, 2.05) is 0 Å². The van der Waals surface area contributed by atoms with E-state index >= 15 is 4.39 Å². The van der Waals surface area contributed by atoms with Crippen LogP contribution in [0.5, 0.6) is 5.75 Å². The molecule has 0 spiro atoms. The molecule has 1 saturated carbocycles. The highest BCUT2D eigenvalue weighted by atomic mass is 19.1. The number of rotatable bonds is 8. The molecule has 198 valence electrons. The Kier molecular flexibility index (Phi) is 7.39. The first-order chi connectivity index (χ1) is 17.5. The van der Waals surface area contributed by atoms with Gasteiger partial charge in [0.25, 0.3) is 11.9 Å². The van der Waals surface area contributed by atoms with Gasteiger partial charge in [-0.1, -0.05) is 0 Å². The van der Waals surface area contributed by atoms with E-state index in [0.717, 1.165) is 32.8 Å². The Balaban J connectivity index is 1.83. The average Bonchev–Trinajstić information content (AvgIpc) is 3.59. The minimum atomic E-state index is -2.01. The van der Waals surface area contributed by atoms with Crippen LogP contribution in [0.15, 0.2) is 17.1 Å². The fraction of sp³-hybridized carbons (Fsp3) is 0.478. The molecule has 1 aromatic heterocycles. The molecule has 1 aromatic carbocycles. The van der Waals surface area contributed by atoms with Crippen LogP contribution in [-0.2, 0) is 23.6 Å². The first kappa shape index (κ1) is 26.4. The molecule has 2 fully saturated rings. The third kappa shape index (κ3) is 5.24. The predicted molar refractivity (Wildman–Crippen MR) is 127 cm³/mol. The number of pyridine rings is 1. The lowest BCUT2D eigenvalue weighted by Gasteiger charge is -2.24. The normalized spacial score (nSPS) is 19.0. The second-order valence-electron chi connectivity index (χ2n) is 9.04. The topological polar surface area (TPSA) is 139 Å². The van der Waals surface area contributed by atoms with Crippen molar-refractivity contribution in [3.8, 4) is 5.75 Å². The van der Waals surface area contributed by atoms with E-state index < -0.39 is 60.7 Å². The van der Waals surface area contributed by atoms with Crippen LogP contribution in [0.2, 0.25) is 0 Å². The number of aromatic nitrogens is 1. The lowest BCUT2D eigenvalue weighted by Crippen LogP contribution is -2.35. The fourth-order valence-electron chi connectivity index (χ4n) is 4.45. The Morgan fingerprint density at radius 2 is 1.78 bits per heavy atom. The summed E-state index contributed by atoms with van der Waals surface area (Å²) in [7, 11) is -0.684. The third-order valence-corrected chi connectivity index (χ3v) is 6.30. The maximum absolute atomic E-state index is 15.5. The highest BCUT2D eigenvalue weighted by Crippen LogP contribution is 2.44. The SMILES string of the molecule is COc1c(N2CC(N)C(CF)C2)c(F)cc2c(=O)c(C(=O)OB(OC(C)=O)OC(C)=O)cn(C3CC3)c12. The molecule has 0 bridgehead atoms. The lowest BCUT2D eigenvalue weighted by molar-refractivity contribution is -0.139.